The predicted octanol–water partition coefficient (Wildman–Crippen LogP) is 3.37. The molecule has 12 heavy (non-hydrogen) atoms. The summed E-state index contributed by atoms with van der Waals surface area (Å²) in [6, 6.07) is 0.759. The first-order chi connectivity index (χ1) is 5.52. The van der Waals surface area contributed by atoms with Gasteiger partial charge in [0, 0.05) is 6.07 Å². The van der Waals surface area contributed by atoms with Crippen LogP contribution < -0.4 is 0 Å². The zero-order chi connectivity index (χ0) is 9.30. The molecule has 0 aliphatic carbocycles. The van der Waals surface area contributed by atoms with Crippen LogP contribution in [0, 0.1) is 13.1 Å². The van der Waals surface area contributed by atoms with Gasteiger partial charge in [-0.05, 0) is 45.2 Å². The van der Waals surface area contributed by atoms with Crippen LogP contribution in [0.15, 0.2) is 6.07 Å². The van der Waals surface area contributed by atoms with Gasteiger partial charge >= 0.3 is 0 Å². The molecule has 0 radical (unpaired) electrons. The third-order valence-corrected chi connectivity index (χ3v) is 3.96. The molecular formula is C6H2F3I2N. The molecule has 0 aromatic carbocycles. The molecule has 1 aromatic heterocycles. The van der Waals surface area contributed by atoms with E-state index in [4.69, 9.17) is 0 Å². The number of rotatable bonds is 1. The third-order valence-electron chi connectivity index (χ3n) is 1.12. The highest BCUT2D eigenvalue weighted by Crippen LogP contribution is 2.22. The van der Waals surface area contributed by atoms with Gasteiger partial charge in [-0.25, -0.2) is 18.2 Å². The third kappa shape index (κ3) is 2.21. The molecule has 1 rings (SSSR count). The van der Waals surface area contributed by atoms with Gasteiger partial charge in [0.05, 0.1) is 3.57 Å². The lowest BCUT2D eigenvalue weighted by Crippen LogP contribution is -1.98. The SMILES string of the molecule is Fc1cc(C(F)F)nc(I)c1I. The van der Waals surface area contributed by atoms with Crippen LogP contribution in [-0.4, -0.2) is 4.98 Å². The molecule has 0 unspecified atom stereocenters. The van der Waals surface area contributed by atoms with Crippen molar-refractivity contribution in [1.82, 2.24) is 4.98 Å². The molecule has 0 atom stereocenters. The Kier molecular flexibility index (Phi) is 3.56. The summed E-state index contributed by atoms with van der Waals surface area (Å²) in [6.45, 7) is 0. The lowest BCUT2D eigenvalue weighted by atomic mass is 10.3. The molecule has 1 aromatic rings. The van der Waals surface area contributed by atoms with E-state index in [1.54, 1.807) is 45.2 Å². The van der Waals surface area contributed by atoms with Crippen molar-refractivity contribution >= 4 is 45.2 Å². The molecule has 0 aliphatic heterocycles. The van der Waals surface area contributed by atoms with Crippen LogP contribution >= 0.6 is 45.2 Å². The van der Waals surface area contributed by atoms with Gasteiger partial charge in [-0.1, -0.05) is 0 Å². The van der Waals surface area contributed by atoms with Gasteiger partial charge in [0.25, 0.3) is 6.43 Å². The fourth-order valence-electron chi connectivity index (χ4n) is 0.598. The first-order valence-corrected chi connectivity index (χ1v) is 4.97. The molecule has 1 heterocycles. The number of aromatic nitrogens is 1. The highest BCUT2D eigenvalue weighted by molar-refractivity contribution is 14.1. The number of alkyl halides is 2. The first kappa shape index (κ1) is 10.5. The number of pyridine rings is 1. The maximum absolute atomic E-state index is 12.8. The standard InChI is InChI=1S/C6H2F3I2N/c7-2-1-3(5(8)9)12-6(11)4(2)10/h1,5H. The fraction of sp³-hybridized carbons (Fsp3) is 0.167. The first-order valence-electron chi connectivity index (χ1n) is 2.82. The van der Waals surface area contributed by atoms with Crippen molar-refractivity contribution in [2.24, 2.45) is 0 Å². The van der Waals surface area contributed by atoms with E-state index in [1.807, 2.05) is 0 Å². The normalized spacial score (nSPS) is 10.8. The molecule has 1 nitrogen and oxygen atoms in total. The molecule has 66 valence electrons. The zero-order valence-electron chi connectivity index (χ0n) is 5.49. The number of halogens is 5. The van der Waals surface area contributed by atoms with E-state index in [2.05, 4.69) is 4.98 Å². The quantitative estimate of drug-likeness (QED) is 0.522. The largest absolute Gasteiger partial charge is 0.280 e. The molecule has 0 aliphatic rings. The molecule has 0 spiro atoms. The summed E-state index contributed by atoms with van der Waals surface area (Å²) >= 11 is 3.44. The predicted molar refractivity (Wildman–Crippen MR) is 54.6 cm³/mol. The Labute approximate surface area is 94.0 Å². The summed E-state index contributed by atoms with van der Waals surface area (Å²) in [7, 11) is 0. The van der Waals surface area contributed by atoms with Crippen LogP contribution in [0.25, 0.3) is 0 Å². The van der Waals surface area contributed by atoms with E-state index < -0.39 is 17.9 Å². The highest BCUT2D eigenvalue weighted by atomic mass is 127. The van der Waals surface area contributed by atoms with Crippen molar-refractivity contribution in [3.8, 4) is 0 Å². The zero-order valence-corrected chi connectivity index (χ0v) is 9.81. The van der Waals surface area contributed by atoms with Gasteiger partial charge in [0.15, 0.2) is 0 Å². The highest BCUT2D eigenvalue weighted by Gasteiger charge is 2.14. The lowest BCUT2D eigenvalue weighted by Gasteiger charge is -2.01. The molecule has 0 saturated carbocycles. The van der Waals surface area contributed by atoms with Crippen molar-refractivity contribution < 1.29 is 13.2 Å². The van der Waals surface area contributed by atoms with Gasteiger partial charge in [-0.15, -0.1) is 0 Å². The summed E-state index contributed by atoms with van der Waals surface area (Å²) in [5.41, 5.74) is -0.516. The minimum atomic E-state index is -2.72. The summed E-state index contributed by atoms with van der Waals surface area (Å²) in [4.78, 5) is 3.52. The summed E-state index contributed by atoms with van der Waals surface area (Å²) < 4.78 is 37.4. The van der Waals surface area contributed by atoms with Crippen molar-refractivity contribution in [1.29, 1.82) is 0 Å². The van der Waals surface area contributed by atoms with Crippen LogP contribution in [0.4, 0.5) is 13.2 Å². The second-order valence-electron chi connectivity index (χ2n) is 1.93. The Bertz CT molecular complexity index is 280. The van der Waals surface area contributed by atoms with Crippen molar-refractivity contribution in [3.05, 3.63) is 24.8 Å². The van der Waals surface area contributed by atoms with Gasteiger partial charge in [0.2, 0.25) is 0 Å². The Morgan fingerprint density at radius 2 is 1.92 bits per heavy atom. The van der Waals surface area contributed by atoms with Crippen LogP contribution in [-0.2, 0) is 0 Å². The summed E-state index contributed by atoms with van der Waals surface area (Å²) in [6.07, 6.45) is -2.72. The number of hydrogen-bond donors (Lipinski definition) is 0. The summed E-state index contributed by atoms with van der Waals surface area (Å²) in [5, 5.41) is 0. The molecule has 0 amide bonds. The average molecular weight is 399 g/mol. The Morgan fingerprint density at radius 1 is 1.33 bits per heavy atom. The minimum absolute atomic E-state index is 0.267. The molecule has 6 heteroatoms. The Morgan fingerprint density at radius 3 is 2.33 bits per heavy atom. The summed E-state index contributed by atoms with van der Waals surface area (Å²) in [5.74, 6) is -0.648. The second-order valence-corrected chi connectivity index (χ2v) is 4.03. The number of hydrogen-bond acceptors (Lipinski definition) is 1. The van der Waals surface area contributed by atoms with E-state index in [0.29, 0.717) is 0 Å². The van der Waals surface area contributed by atoms with E-state index in [1.165, 1.54) is 0 Å². The molecular weight excluding hydrogens is 397 g/mol. The van der Waals surface area contributed by atoms with Gasteiger partial charge in [-0.2, -0.15) is 0 Å². The second kappa shape index (κ2) is 4.07. The van der Waals surface area contributed by atoms with E-state index >= 15 is 0 Å². The average Bonchev–Trinajstić information content (AvgIpc) is 1.99. The molecule has 0 N–H and O–H groups in total. The van der Waals surface area contributed by atoms with Crippen LogP contribution in [0.2, 0.25) is 0 Å². The Hall–Kier alpha value is 0.400. The van der Waals surface area contributed by atoms with E-state index in [9.17, 15) is 13.2 Å². The molecule has 0 bridgehead atoms. The van der Waals surface area contributed by atoms with Crippen molar-refractivity contribution in [3.63, 3.8) is 0 Å². The van der Waals surface area contributed by atoms with Crippen molar-refractivity contribution in [2.45, 2.75) is 6.43 Å². The topological polar surface area (TPSA) is 12.9 Å². The van der Waals surface area contributed by atoms with Gasteiger partial charge < -0.3 is 0 Å². The van der Waals surface area contributed by atoms with Crippen LogP contribution in [0.1, 0.15) is 12.1 Å². The van der Waals surface area contributed by atoms with E-state index in [-0.39, 0.29) is 7.27 Å². The molecule has 0 fully saturated rings. The fourth-order valence-corrected chi connectivity index (χ4v) is 1.41. The maximum Gasteiger partial charge on any atom is 0.280 e. The van der Waals surface area contributed by atoms with Crippen LogP contribution in [0.5, 0.6) is 0 Å². The van der Waals surface area contributed by atoms with Gasteiger partial charge in [-0.3, -0.25) is 0 Å². The monoisotopic (exact) mass is 399 g/mol. The smallest absolute Gasteiger partial charge is 0.240 e. The minimum Gasteiger partial charge on any atom is -0.240 e. The lowest BCUT2D eigenvalue weighted by molar-refractivity contribution is 0.145. The van der Waals surface area contributed by atoms with Crippen LogP contribution in [0.3, 0.4) is 0 Å². The van der Waals surface area contributed by atoms with E-state index in [0.717, 1.165) is 6.07 Å². The molecule has 0 saturated heterocycles. The van der Waals surface area contributed by atoms with Gasteiger partial charge in [0.1, 0.15) is 15.2 Å². The Balaban J connectivity index is 3.21. The van der Waals surface area contributed by atoms with Crippen molar-refractivity contribution in [2.75, 3.05) is 0 Å². The maximum atomic E-state index is 12.8. The number of nitrogens with zero attached hydrogens (tertiary/aromatic N) is 1.